The highest BCUT2D eigenvalue weighted by Crippen LogP contribution is 2.13. The van der Waals surface area contributed by atoms with Crippen molar-refractivity contribution in [3.8, 4) is 0 Å². The first-order valence-electron chi connectivity index (χ1n) is 6.06. The lowest BCUT2D eigenvalue weighted by Gasteiger charge is -2.21. The van der Waals surface area contributed by atoms with Gasteiger partial charge >= 0.3 is 0 Å². The zero-order valence-corrected chi connectivity index (χ0v) is 11.7. The molecule has 1 aromatic rings. The number of rotatable bonds is 7. The van der Waals surface area contributed by atoms with Crippen LogP contribution >= 0.6 is 0 Å². The highest BCUT2D eigenvalue weighted by Gasteiger charge is 2.19. The number of nitrogens with two attached hydrogens (primary N) is 1. The van der Waals surface area contributed by atoms with Crippen molar-refractivity contribution < 1.29 is 8.42 Å². The van der Waals surface area contributed by atoms with Crippen LogP contribution in [0.1, 0.15) is 25.0 Å². The minimum absolute atomic E-state index is 0.346. The van der Waals surface area contributed by atoms with Crippen LogP contribution in [0.3, 0.4) is 0 Å². The van der Waals surface area contributed by atoms with E-state index >= 15 is 0 Å². The predicted octanol–water partition coefficient (Wildman–Crippen LogP) is 0.821. The van der Waals surface area contributed by atoms with Crippen molar-refractivity contribution in [2.75, 3.05) is 13.1 Å². The molecule has 18 heavy (non-hydrogen) atoms. The van der Waals surface area contributed by atoms with Gasteiger partial charge in [0.05, 0.1) is 0 Å². The Hall–Kier alpha value is -0.950. The van der Waals surface area contributed by atoms with E-state index in [-0.39, 0.29) is 0 Å². The molecule has 0 saturated heterocycles. The van der Waals surface area contributed by atoms with Crippen LogP contribution < -0.4 is 10.5 Å². The van der Waals surface area contributed by atoms with Gasteiger partial charge in [0.25, 0.3) is 10.2 Å². The van der Waals surface area contributed by atoms with E-state index in [1.807, 2.05) is 31.2 Å². The van der Waals surface area contributed by atoms with Crippen molar-refractivity contribution in [1.29, 1.82) is 0 Å². The summed E-state index contributed by atoms with van der Waals surface area (Å²) >= 11 is 0. The second-order valence-electron chi connectivity index (χ2n) is 3.90. The van der Waals surface area contributed by atoms with Gasteiger partial charge in [0, 0.05) is 26.2 Å². The summed E-state index contributed by atoms with van der Waals surface area (Å²) in [6, 6.07) is 7.62. The lowest BCUT2D eigenvalue weighted by molar-refractivity contribution is 0.414. The molecule has 0 amide bonds. The topological polar surface area (TPSA) is 75.4 Å². The molecule has 0 aromatic heterocycles. The maximum atomic E-state index is 11.9. The molecule has 102 valence electrons. The van der Waals surface area contributed by atoms with Crippen LogP contribution in [0.25, 0.3) is 0 Å². The van der Waals surface area contributed by atoms with Gasteiger partial charge in [-0.25, -0.2) is 4.72 Å². The molecule has 0 spiro atoms. The lowest BCUT2D eigenvalue weighted by atomic mass is 10.1. The number of hydrogen-bond donors (Lipinski definition) is 2. The Morgan fingerprint density at radius 2 is 1.83 bits per heavy atom. The number of hydrogen-bond acceptors (Lipinski definition) is 3. The van der Waals surface area contributed by atoms with Crippen LogP contribution in [-0.4, -0.2) is 25.8 Å². The third-order valence-corrected chi connectivity index (χ3v) is 4.42. The van der Waals surface area contributed by atoms with Gasteiger partial charge < -0.3 is 5.73 Å². The molecule has 0 radical (unpaired) electrons. The minimum atomic E-state index is -3.40. The summed E-state index contributed by atoms with van der Waals surface area (Å²) in [6.07, 6.45) is 0. The van der Waals surface area contributed by atoms with Crippen molar-refractivity contribution in [3.63, 3.8) is 0 Å². The molecule has 0 fully saturated rings. The highest BCUT2D eigenvalue weighted by molar-refractivity contribution is 7.87. The first-order valence-corrected chi connectivity index (χ1v) is 7.50. The smallest absolute Gasteiger partial charge is 0.279 e. The van der Waals surface area contributed by atoms with Crippen LogP contribution in [0, 0.1) is 0 Å². The lowest BCUT2D eigenvalue weighted by Crippen LogP contribution is -2.40. The molecule has 0 saturated carbocycles. The molecule has 1 rings (SSSR count). The van der Waals surface area contributed by atoms with E-state index in [0.29, 0.717) is 26.2 Å². The van der Waals surface area contributed by atoms with E-state index in [4.69, 9.17) is 5.73 Å². The molecule has 0 atom stereocenters. The van der Waals surface area contributed by atoms with Gasteiger partial charge in [-0.2, -0.15) is 12.7 Å². The van der Waals surface area contributed by atoms with Crippen molar-refractivity contribution in [2.24, 2.45) is 5.73 Å². The quantitative estimate of drug-likeness (QED) is 0.771. The van der Waals surface area contributed by atoms with Gasteiger partial charge in [-0.3, -0.25) is 0 Å². The third kappa shape index (κ3) is 3.78. The molecule has 0 unspecified atom stereocenters. The van der Waals surface area contributed by atoms with Crippen LogP contribution in [0.2, 0.25) is 0 Å². The van der Waals surface area contributed by atoms with E-state index in [1.165, 1.54) is 4.31 Å². The molecule has 0 bridgehead atoms. The van der Waals surface area contributed by atoms with E-state index in [9.17, 15) is 8.42 Å². The molecular formula is C12H21N3O2S. The molecule has 0 heterocycles. The molecular weight excluding hydrogens is 250 g/mol. The van der Waals surface area contributed by atoms with Gasteiger partial charge in [0.1, 0.15) is 0 Å². The fourth-order valence-corrected chi connectivity index (χ4v) is 2.94. The zero-order chi connectivity index (χ0) is 13.6. The maximum Gasteiger partial charge on any atom is 0.279 e. The average Bonchev–Trinajstić information content (AvgIpc) is 2.36. The van der Waals surface area contributed by atoms with Crippen LogP contribution in [0.15, 0.2) is 24.3 Å². The van der Waals surface area contributed by atoms with Gasteiger partial charge in [0.2, 0.25) is 0 Å². The Labute approximate surface area is 109 Å². The van der Waals surface area contributed by atoms with Crippen LogP contribution in [-0.2, 0) is 23.3 Å². The van der Waals surface area contributed by atoms with Crippen molar-refractivity contribution >= 4 is 10.2 Å². The SMILES string of the molecule is CCNS(=O)(=O)N(CC)Cc1ccccc1CN. The number of nitrogens with zero attached hydrogens (tertiary/aromatic N) is 1. The first-order chi connectivity index (χ1) is 8.55. The van der Waals surface area contributed by atoms with Crippen LogP contribution in [0.4, 0.5) is 0 Å². The first kappa shape index (κ1) is 15.1. The van der Waals surface area contributed by atoms with Gasteiger partial charge in [-0.1, -0.05) is 38.1 Å². The summed E-state index contributed by atoms with van der Waals surface area (Å²) in [7, 11) is -3.40. The second kappa shape index (κ2) is 6.84. The Kier molecular flexibility index (Phi) is 5.74. The minimum Gasteiger partial charge on any atom is -0.326 e. The van der Waals surface area contributed by atoms with Crippen molar-refractivity contribution in [2.45, 2.75) is 26.9 Å². The molecule has 5 nitrogen and oxygen atoms in total. The summed E-state index contributed by atoms with van der Waals surface area (Å²) < 4.78 is 27.8. The molecule has 0 aliphatic carbocycles. The van der Waals surface area contributed by atoms with Crippen molar-refractivity contribution in [1.82, 2.24) is 9.03 Å². The summed E-state index contributed by atoms with van der Waals surface area (Å²) in [5, 5.41) is 0. The number of benzene rings is 1. The molecule has 0 aliphatic heterocycles. The standard InChI is InChI=1S/C12H21N3O2S/c1-3-14-18(16,17)15(4-2)10-12-8-6-5-7-11(12)9-13/h5-8,14H,3-4,9-10,13H2,1-2H3. The Morgan fingerprint density at radius 1 is 1.22 bits per heavy atom. The van der Waals surface area contributed by atoms with E-state index in [2.05, 4.69) is 4.72 Å². The normalized spacial score (nSPS) is 12.0. The molecule has 3 N–H and O–H groups in total. The maximum absolute atomic E-state index is 11.9. The highest BCUT2D eigenvalue weighted by atomic mass is 32.2. The van der Waals surface area contributed by atoms with E-state index < -0.39 is 10.2 Å². The summed E-state index contributed by atoms with van der Waals surface area (Å²) in [6.45, 7) is 5.15. The Morgan fingerprint density at radius 3 is 2.33 bits per heavy atom. The number of nitrogens with one attached hydrogen (secondary N) is 1. The van der Waals surface area contributed by atoms with E-state index in [1.54, 1.807) is 6.92 Å². The Balaban J connectivity index is 2.93. The Bertz CT molecular complexity index is 474. The van der Waals surface area contributed by atoms with E-state index in [0.717, 1.165) is 11.1 Å². The van der Waals surface area contributed by atoms with Gasteiger partial charge in [0.15, 0.2) is 0 Å². The summed E-state index contributed by atoms with van der Waals surface area (Å²) in [4.78, 5) is 0. The summed E-state index contributed by atoms with van der Waals surface area (Å²) in [5.41, 5.74) is 7.57. The summed E-state index contributed by atoms with van der Waals surface area (Å²) in [5.74, 6) is 0. The van der Waals surface area contributed by atoms with Gasteiger partial charge in [-0.15, -0.1) is 0 Å². The monoisotopic (exact) mass is 271 g/mol. The molecule has 0 aliphatic rings. The second-order valence-corrected chi connectivity index (χ2v) is 5.66. The van der Waals surface area contributed by atoms with Crippen molar-refractivity contribution in [3.05, 3.63) is 35.4 Å². The zero-order valence-electron chi connectivity index (χ0n) is 10.9. The third-order valence-electron chi connectivity index (χ3n) is 2.70. The average molecular weight is 271 g/mol. The fourth-order valence-electron chi connectivity index (χ4n) is 1.74. The molecule has 6 heteroatoms. The molecule has 1 aromatic carbocycles. The van der Waals surface area contributed by atoms with Crippen LogP contribution in [0.5, 0.6) is 0 Å². The predicted molar refractivity (Wildman–Crippen MR) is 73.0 cm³/mol. The largest absolute Gasteiger partial charge is 0.326 e. The van der Waals surface area contributed by atoms with Gasteiger partial charge in [-0.05, 0) is 11.1 Å². The fraction of sp³-hybridized carbons (Fsp3) is 0.500.